The molecule has 36 heavy (non-hydrogen) atoms. The molecular weight excluding hydrogens is 499 g/mol. The fraction of sp³-hybridized carbons (Fsp3) is 0.130. The van der Waals surface area contributed by atoms with Gasteiger partial charge in [0.25, 0.3) is 0 Å². The Bertz CT molecular complexity index is 1280. The van der Waals surface area contributed by atoms with Crippen LogP contribution in [-0.2, 0) is 12.4 Å². The van der Waals surface area contributed by atoms with Gasteiger partial charge in [-0.15, -0.1) is 0 Å². The van der Waals surface area contributed by atoms with E-state index in [4.69, 9.17) is 14.9 Å². The number of carbonyl (C=O) groups excluding carboxylic acids is 1. The van der Waals surface area contributed by atoms with E-state index in [-0.39, 0.29) is 17.6 Å². The molecule has 1 aromatic heterocycles. The molecule has 3 rings (SSSR count). The standard InChI is InChI=1S/C23H16F7N3O3/c1-33(16-6-4-15(24)5-7-16)21(34)36-20-17(13(11-31)12-32-19-3-2-8-35-19)9-14(22(25,26)27)10-18(20)23(28,29)30/h2-12H,31H2,1H3. The van der Waals surface area contributed by atoms with Crippen molar-refractivity contribution in [3.8, 4) is 5.75 Å². The highest BCUT2D eigenvalue weighted by Gasteiger charge is 2.41. The predicted molar refractivity (Wildman–Crippen MR) is 116 cm³/mol. The number of amides is 1. The van der Waals surface area contributed by atoms with Crippen LogP contribution in [0.3, 0.4) is 0 Å². The number of rotatable bonds is 5. The van der Waals surface area contributed by atoms with Crippen molar-refractivity contribution in [2.75, 3.05) is 11.9 Å². The number of benzene rings is 2. The van der Waals surface area contributed by atoms with E-state index in [0.717, 1.165) is 42.4 Å². The smallest absolute Gasteiger partial charge is 0.420 e. The maximum absolute atomic E-state index is 13.9. The minimum atomic E-state index is -5.36. The van der Waals surface area contributed by atoms with Crippen molar-refractivity contribution in [2.45, 2.75) is 12.4 Å². The van der Waals surface area contributed by atoms with Crippen LogP contribution in [0.5, 0.6) is 5.75 Å². The Balaban J connectivity index is 2.16. The lowest BCUT2D eigenvalue weighted by atomic mass is 9.98. The third kappa shape index (κ3) is 6.03. The van der Waals surface area contributed by atoms with Crippen LogP contribution in [-0.4, -0.2) is 19.4 Å². The molecule has 0 aliphatic carbocycles. The van der Waals surface area contributed by atoms with Crippen LogP contribution in [0.2, 0.25) is 0 Å². The molecule has 3 aromatic rings. The third-order valence-electron chi connectivity index (χ3n) is 4.73. The molecule has 0 bridgehead atoms. The SMILES string of the molecule is CN(C(=O)Oc1c(C(C=Nc2ccco2)=CN)cc(C(F)(F)F)cc1C(F)(F)F)c1ccc(F)cc1. The van der Waals surface area contributed by atoms with E-state index in [1.807, 2.05) is 0 Å². The maximum Gasteiger partial charge on any atom is 0.420 e. The van der Waals surface area contributed by atoms with Crippen LogP contribution in [0.4, 0.5) is 47.1 Å². The van der Waals surface area contributed by atoms with Crippen LogP contribution in [0.25, 0.3) is 5.57 Å². The van der Waals surface area contributed by atoms with Crippen molar-refractivity contribution in [2.24, 2.45) is 10.7 Å². The lowest BCUT2D eigenvalue weighted by Gasteiger charge is -2.22. The molecule has 0 aliphatic heterocycles. The second-order valence-electron chi connectivity index (χ2n) is 7.13. The monoisotopic (exact) mass is 515 g/mol. The molecular formula is C23H16F7N3O3. The first kappa shape index (κ1) is 26.3. The summed E-state index contributed by atoms with van der Waals surface area (Å²) in [5.41, 5.74) is 0.749. The summed E-state index contributed by atoms with van der Waals surface area (Å²) in [5, 5.41) is 0. The van der Waals surface area contributed by atoms with Crippen LogP contribution in [0.1, 0.15) is 16.7 Å². The third-order valence-corrected chi connectivity index (χ3v) is 4.73. The van der Waals surface area contributed by atoms with Crippen LogP contribution in [0, 0.1) is 5.82 Å². The molecule has 1 heterocycles. The molecule has 0 spiro atoms. The highest BCUT2D eigenvalue weighted by atomic mass is 19.4. The highest BCUT2D eigenvalue weighted by Crippen LogP contribution is 2.44. The first-order valence-corrected chi connectivity index (χ1v) is 9.84. The van der Waals surface area contributed by atoms with Crippen LogP contribution < -0.4 is 15.4 Å². The molecule has 0 radical (unpaired) electrons. The molecule has 13 heteroatoms. The lowest BCUT2D eigenvalue weighted by Crippen LogP contribution is -2.30. The molecule has 0 saturated heterocycles. The van der Waals surface area contributed by atoms with Crippen molar-refractivity contribution in [1.82, 2.24) is 0 Å². The van der Waals surface area contributed by atoms with E-state index in [9.17, 15) is 35.5 Å². The van der Waals surface area contributed by atoms with E-state index in [1.54, 1.807) is 0 Å². The van der Waals surface area contributed by atoms with Gasteiger partial charge in [-0.05, 0) is 42.5 Å². The Labute approximate surface area is 199 Å². The van der Waals surface area contributed by atoms with Crippen molar-refractivity contribution in [3.63, 3.8) is 0 Å². The molecule has 2 aromatic carbocycles. The van der Waals surface area contributed by atoms with Gasteiger partial charge in [0.05, 0.1) is 17.4 Å². The van der Waals surface area contributed by atoms with Gasteiger partial charge in [-0.1, -0.05) is 0 Å². The van der Waals surface area contributed by atoms with E-state index in [1.165, 1.54) is 18.4 Å². The Morgan fingerprint density at radius 3 is 2.25 bits per heavy atom. The summed E-state index contributed by atoms with van der Waals surface area (Å²) in [6.45, 7) is 0. The zero-order valence-corrected chi connectivity index (χ0v) is 18.2. The quantitative estimate of drug-likeness (QED) is 0.300. The number of hydrogen-bond donors (Lipinski definition) is 1. The largest absolute Gasteiger partial charge is 0.447 e. The van der Waals surface area contributed by atoms with Crippen LogP contribution >= 0.6 is 0 Å². The second kappa shape index (κ2) is 10.1. The summed E-state index contributed by atoms with van der Waals surface area (Å²) >= 11 is 0. The van der Waals surface area contributed by atoms with Gasteiger partial charge < -0.3 is 14.9 Å². The normalized spacial score (nSPS) is 12.7. The zero-order chi connectivity index (χ0) is 26.7. The van der Waals surface area contributed by atoms with E-state index < -0.39 is 52.3 Å². The van der Waals surface area contributed by atoms with Gasteiger partial charge in [0.15, 0.2) is 5.75 Å². The van der Waals surface area contributed by atoms with Gasteiger partial charge >= 0.3 is 18.4 Å². The number of nitrogens with two attached hydrogens (primary N) is 1. The van der Waals surface area contributed by atoms with E-state index >= 15 is 0 Å². The summed E-state index contributed by atoms with van der Waals surface area (Å²) < 4.78 is 105. The predicted octanol–water partition coefficient (Wildman–Crippen LogP) is 6.79. The number of allylic oxidation sites excluding steroid dienone is 1. The van der Waals surface area contributed by atoms with Gasteiger partial charge in [-0.25, -0.2) is 14.2 Å². The maximum atomic E-state index is 13.9. The van der Waals surface area contributed by atoms with Crippen molar-refractivity contribution in [1.29, 1.82) is 0 Å². The Morgan fingerprint density at radius 2 is 1.72 bits per heavy atom. The van der Waals surface area contributed by atoms with Gasteiger partial charge in [0.2, 0.25) is 5.88 Å². The van der Waals surface area contributed by atoms with E-state index in [2.05, 4.69) is 4.99 Å². The average Bonchev–Trinajstić information content (AvgIpc) is 3.32. The summed E-state index contributed by atoms with van der Waals surface area (Å²) in [6, 6.07) is 7.27. The summed E-state index contributed by atoms with van der Waals surface area (Å²) in [4.78, 5) is 17.2. The van der Waals surface area contributed by atoms with Gasteiger partial charge in [0, 0.05) is 42.4 Å². The molecule has 6 nitrogen and oxygen atoms in total. The van der Waals surface area contributed by atoms with Crippen molar-refractivity contribution >= 4 is 29.5 Å². The summed E-state index contributed by atoms with van der Waals surface area (Å²) in [5.74, 6) is -1.90. The molecule has 0 atom stereocenters. The number of nitrogens with zero attached hydrogens (tertiary/aromatic N) is 2. The summed E-state index contributed by atoms with van der Waals surface area (Å²) in [6.07, 6.45) is -9.15. The van der Waals surface area contributed by atoms with Gasteiger partial charge in [-0.3, -0.25) is 4.90 Å². The first-order valence-electron chi connectivity index (χ1n) is 9.84. The fourth-order valence-corrected chi connectivity index (χ4v) is 2.93. The Hall–Kier alpha value is -4.29. The number of halogens is 7. The van der Waals surface area contributed by atoms with Gasteiger partial charge in [-0.2, -0.15) is 26.3 Å². The highest BCUT2D eigenvalue weighted by molar-refractivity contribution is 6.12. The van der Waals surface area contributed by atoms with Crippen molar-refractivity contribution < 1.29 is 44.7 Å². The molecule has 1 amide bonds. The van der Waals surface area contributed by atoms with Crippen molar-refractivity contribution in [3.05, 3.63) is 83.5 Å². The number of anilines is 1. The Morgan fingerprint density at radius 1 is 1.06 bits per heavy atom. The second-order valence-corrected chi connectivity index (χ2v) is 7.13. The number of furan rings is 1. The first-order chi connectivity index (χ1) is 16.8. The molecule has 0 saturated carbocycles. The Kier molecular flexibility index (Phi) is 7.41. The van der Waals surface area contributed by atoms with Gasteiger partial charge in [0.1, 0.15) is 5.82 Å². The fourth-order valence-electron chi connectivity index (χ4n) is 2.93. The molecule has 0 fully saturated rings. The lowest BCUT2D eigenvalue weighted by molar-refractivity contribution is -0.143. The number of ether oxygens (including phenoxy) is 1. The minimum Gasteiger partial charge on any atom is -0.447 e. The number of aliphatic imine (C=N–C) groups is 1. The zero-order valence-electron chi connectivity index (χ0n) is 18.2. The number of carbonyl (C=O) groups is 1. The molecule has 0 aliphatic rings. The average molecular weight is 515 g/mol. The molecule has 0 unspecified atom stereocenters. The topological polar surface area (TPSA) is 81.1 Å². The molecule has 2 N–H and O–H groups in total. The summed E-state index contributed by atoms with van der Waals surface area (Å²) in [7, 11) is 1.12. The molecule has 190 valence electrons. The van der Waals surface area contributed by atoms with Crippen LogP contribution in [0.15, 0.2) is 70.4 Å². The minimum absolute atomic E-state index is 0.0213. The number of alkyl halides is 6. The van der Waals surface area contributed by atoms with E-state index in [0.29, 0.717) is 12.3 Å². The number of hydrogen-bond acceptors (Lipinski definition) is 5.